The van der Waals surface area contributed by atoms with Gasteiger partial charge in [0, 0.05) is 12.5 Å². The molecule has 0 spiro atoms. The Morgan fingerprint density at radius 2 is 2.09 bits per heavy atom. The zero-order valence-electron chi connectivity index (χ0n) is 13.2. The molecule has 0 aliphatic carbocycles. The summed E-state index contributed by atoms with van der Waals surface area (Å²) in [5.74, 6) is 0.554. The van der Waals surface area contributed by atoms with Crippen LogP contribution in [0.1, 0.15) is 43.0 Å². The van der Waals surface area contributed by atoms with Crippen LogP contribution in [-0.4, -0.2) is 44.5 Å². The molecule has 1 fully saturated rings. The lowest BCUT2D eigenvalue weighted by molar-refractivity contribution is 0.0688. The molecule has 3 heterocycles. The summed E-state index contributed by atoms with van der Waals surface area (Å²) >= 11 is 0. The normalized spacial score (nSPS) is 17.4. The number of aromatic nitrogens is 2. The Morgan fingerprint density at radius 3 is 2.73 bits per heavy atom. The highest BCUT2D eigenvalue weighted by Crippen LogP contribution is 2.23. The van der Waals surface area contributed by atoms with Crippen molar-refractivity contribution < 1.29 is 9.90 Å². The number of fused-ring (bicyclic) bond motifs is 1. The van der Waals surface area contributed by atoms with Gasteiger partial charge in [0.25, 0.3) is 0 Å². The second-order valence-corrected chi connectivity index (χ2v) is 6.43. The fourth-order valence-electron chi connectivity index (χ4n) is 3.36. The lowest BCUT2D eigenvalue weighted by Crippen LogP contribution is -2.39. The monoisotopic (exact) mass is 301 g/mol. The van der Waals surface area contributed by atoms with Crippen LogP contribution in [-0.2, 0) is 6.42 Å². The zero-order chi connectivity index (χ0) is 15.7. The largest absolute Gasteiger partial charge is 0.477 e. The Morgan fingerprint density at radius 1 is 1.36 bits per heavy atom. The van der Waals surface area contributed by atoms with Gasteiger partial charge in [0.05, 0.1) is 11.7 Å². The number of rotatable bonds is 4. The fourth-order valence-corrected chi connectivity index (χ4v) is 3.36. The molecule has 1 aliphatic heterocycles. The van der Waals surface area contributed by atoms with E-state index < -0.39 is 5.97 Å². The van der Waals surface area contributed by atoms with Crippen molar-refractivity contribution in [2.45, 2.75) is 39.2 Å². The molecule has 22 heavy (non-hydrogen) atoms. The van der Waals surface area contributed by atoms with Crippen molar-refractivity contribution in [1.29, 1.82) is 0 Å². The number of hydrogen-bond donors (Lipinski definition) is 1. The molecule has 3 rings (SSSR count). The van der Waals surface area contributed by atoms with Gasteiger partial charge in [-0.3, -0.25) is 4.40 Å². The Labute approximate surface area is 130 Å². The first-order valence-corrected chi connectivity index (χ1v) is 7.99. The van der Waals surface area contributed by atoms with E-state index in [0.29, 0.717) is 17.7 Å². The number of piperidine rings is 1. The molecule has 0 saturated carbocycles. The molecule has 5 heteroatoms. The molecule has 0 atom stereocenters. The first kappa shape index (κ1) is 15.0. The van der Waals surface area contributed by atoms with E-state index >= 15 is 0 Å². The van der Waals surface area contributed by atoms with Gasteiger partial charge >= 0.3 is 5.97 Å². The van der Waals surface area contributed by atoms with E-state index in [0.717, 1.165) is 43.7 Å². The predicted octanol–water partition coefficient (Wildman–Crippen LogP) is 2.70. The van der Waals surface area contributed by atoms with Gasteiger partial charge in [-0.15, -0.1) is 0 Å². The number of carboxylic acid groups (broad SMARTS) is 1. The number of likely N-dealkylation sites (tertiary alicyclic amines) is 1. The average molecular weight is 301 g/mol. The molecular weight excluding hydrogens is 278 g/mol. The van der Waals surface area contributed by atoms with E-state index in [4.69, 9.17) is 0 Å². The number of pyridine rings is 1. The summed E-state index contributed by atoms with van der Waals surface area (Å²) in [4.78, 5) is 18.4. The molecule has 2 aromatic heterocycles. The molecule has 1 saturated heterocycles. The molecule has 5 nitrogen and oxygen atoms in total. The third kappa shape index (κ3) is 2.86. The van der Waals surface area contributed by atoms with Crippen LogP contribution in [0.4, 0.5) is 0 Å². The summed E-state index contributed by atoms with van der Waals surface area (Å²) in [5.41, 5.74) is 1.15. The summed E-state index contributed by atoms with van der Waals surface area (Å²) < 4.78 is 1.79. The molecule has 2 aromatic rings. The van der Waals surface area contributed by atoms with Crippen LogP contribution in [0.3, 0.4) is 0 Å². The Bertz CT molecular complexity index is 670. The molecule has 118 valence electrons. The molecule has 1 N–H and O–H groups in total. The first-order chi connectivity index (χ1) is 10.6. The molecule has 0 unspecified atom stereocenters. The summed E-state index contributed by atoms with van der Waals surface area (Å²) in [6.07, 6.45) is 4.93. The number of aromatic carboxylic acids is 1. The van der Waals surface area contributed by atoms with E-state index in [-0.39, 0.29) is 0 Å². The molecule has 0 bridgehead atoms. The Balaban J connectivity index is 1.79. The maximum Gasteiger partial charge on any atom is 0.352 e. The van der Waals surface area contributed by atoms with Crippen molar-refractivity contribution in [3.05, 3.63) is 35.9 Å². The summed E-state index contributed by atoms with van der Waals surface area (Å²) in [5, 5.41) is 9.37. The van der Waals surface area contributed by atoms with Crippen LogP contribution in [0.15, 0.2) is 24.4 Å². The molecular formula is C17H23N3O2. The average Bonchev–Trinajstić information content (AvgIpc) is 2.91. The number of hydrogen-bond acceptors (Lipinski definition) is 3. The van der Waals surface area contributed by atoms with E-state index in [9.17, 15) is 9.90 Å². The number of carboxylic acids is 1. The number of nitrogens with zero attached hydrogens (tertiary/aromatic N) is 3. The van der Waals surface area contributed by atoms with Crippen molar-refractivity contribution in [2.24, 2.45) is 5.92 Å². The van der Waals surface area contributed by atoms with Crippen molar-refractivity contribution in [1.82, 2.24) is 14.3 Å². The third-order valence-corrected chi connectivity index (χ3v) is 4.69. The van der Waals surface area contributed by atoms with Crippen LogP contribution >= 0.6 is 0 Å². The SMILES string of the molecule is CC(C)N1CCC(Cc2ncc3cccc(C(=O)O)n23)CC1. The highest BCUT2D eigenvalue weighted by molar-refractivity contribution is 5.86. The minimum Gasteiger partial charge on any atom is -0.477 e. The maximum atomic E-state index is 11.4. The predicted molar refractivity (Wildman–Crippen MR) is 85.3 cm³/mol. The molecule has 0 amide bonds. The standard InChI is InChI=1S/C17H23N3O2/c1-12(2)19-8-6-13(7-9-19)10-16-18-11-14-4-3-5-15(17(21)22)20(14)16/h3-5,11-13H,6-10H2,1-2H3,(H,21,22). The smallest absolute Gasteiger partial charge is 0.352 e. The van der Waals surface area contributed by atoms with E-state index in [2.05, 4.69) is 23.7 Å². The van der Waals surface area contributed by atoms with Crippen molar-refractivity contribution in [2.75, 3.05) is 13.1 Å². The molecule has 1 aliphatic rings. The third-order valence-electron chi connectivity index (χ3n) is 4.69. The maximum absolute atomic E-state index is 11.4. The van der Waals surface area contributed by atoms with Crippen LogP contribution in [0.25, 0.3) is 5.52 Å². The van der Waals surface area contributed by atoms with Crippen LogP contribution < -0.4 is 0 Å². The lowest BCUT2D eigenvalue weighted by atomic mass is 9.92. The minimum absolute atomic E-state index is 0.296. The van der Waals surface area contributed by atoms with Crippen molar-refractivity contribution >= 4 is 11.5 Å². The Kier molecular flexibility index (Phi) is 4.16. The lowest BCUT2D eigenvalue weighted by Gasteiger charge is -2.34. The van der Waals surface area contributed by atoms with Gasteiger partial charge in [-0.05, 0) is 57.8 Å². The quantitative estimate of drug-likeness (QED) is 0.943. The topological polar surface area (TPSA) is 57.8 Å². The van der Waals surface area contributed by atoms with Gasteiger partial charge in [-0.1, -0.05) is 6.07 Å². The van der Waals surface area contributed by atoms with Gasteiger partial charge in [0.1, 0.15) is 11.5 Å². The van der Waals surface area contributed by atoms with Gasteiger partial charge in [0.15, 0.2) is 0 Å². The molecule has 0 radical (unpaired) electrons. The first-order valence-electron chi connectivity index (χ1n) is 7.99. The fraction of sp³-hybridized carbons (Fsp3) is 0.529. The second kappa shape index (κ2) is 6.08. The highest BCUT2D eigenvalue weighted by Gasteiger charge is 2.23. The van der Waals surface area contributed by atoms with Gasteiger partial charge < -0.3 is 10.0 Å². The summed E-state index contributed by atoms with van der Waals surface area (Å²) in [6, 6.07) is 5.92. The van der Waals surface area contributed by atoms with Crippen molar-refractivity contribution in [3.63, 3.8) is 0 Å². The van der Waals surface area contributed by atoms with E-state index in [1.807, 2.05) is 6.07 Å². The van der Waals surface area contributed by atoms with Crippen LogP contribution in [0.2, 0.25) is 0 Å². The number of imidazole rings is 1. The molecule has 0 aromatic carbocycles. The van der Waals surface area contributed by atoms with E-state index in [1.54, 1.807) is 22.7 Å². The van der Waals surface area contributed by atoms with Crippen molar-refractivity contribution in [3.8, 4) is 0 Å². The summed E-state index contributed by atoms with van der Waals surface area (Å²) in [6.45, 7) is 6.72. The highest BCUT2D eigenvalue weighted by atomic mass is 16.4. The van der Waals surface area contributed by atoms with Crippen LogP contribution in [0, 0.1) is 5.92 Å². The number of carbonyl (C=O) groups is 1. The summed E-state index contributed by atoms with van der Waals surface area (Å²) in [7, 11) is 0. The minimum atomic E-state index is -0.903. The second-order valence-electron chi connectivity index (χ2n) is 6.43. The van der Waals surface area contributed by atoms with E-state index in [1.165, 1.54) is 0 Å². The Hall–Kier alpha value is -1.88. The van der Waals surface area contributed by atoms with Gasteiger partial charge in [0.2, 0.25) is 0 Å². The van der Waals surface area contributed by atoms with Gasteiger partial charge in [-0.2, -0.15) is 0 Å². The van der Waals surface area contributed by atoms with Crippen LogP contribution in [0.5, 0.6) is 0 Å². The zero-order valence-corrected chi connectivity index (χ0v) is 13.2. The van der Waals surface area contributed by atoms with Gasteiger partial charge in [-0.25, -0.2) is 9.78 Å².